The Morgan fingerprint density at radius 3 is 2.31 bits per heavy atom. The second-order valence-electron chi connectivity index (χ2n) is 6.87. The summed E-state index contributed by atoms with van der Waals surface area (Å²) >= 11 is 0. The molecule has 164 valence electrons. The number of Topliss-reactive ketones (excluding diaryl/α,β-unsaturated/α-hetero) is 1. The molecule has 0 aliphatic carbocycles. The minimum atomic E-state index is -0.687. The maximum absolute atomic E-state index is 12.4. The zero-order valence-electron chi connectivity index (χ0n) is 17.8. The van der Waals surface area contributed by atoms with Gasteiger partial charge in [0.1, 0.15) is 6.61 Å². The van der Waals surface area contributed by atoms with Crippen LogP contribution in [0, 0.1) is 0 Å². The van der Waals surface area contributed by atoms with Crippen molar-refractivity contribution in [3.05, 3.63) is 89.5 Å². The van der Waals surface area contributed by atoms with E-state index in [0.717, 1.165) is 5.56 Å². The highest BCUT2D eigenvalue weighted by atomic mass is 16.5. The van der Waals surface area contributed by atoms with Crippen LogP contribution in [0.5, 0.6) is 11.5 Å². The average molecular weight is 433 g/mol. The van der Waals surface area contributed by atoms with Crippen LogP contribution in [0.1, 0.15) is 33.2 Å². The summed E-state index contributed by atoms with van der Waals surface area (Å²) in [4.78, 5) is 36.2. The van der Waals surface area contributed by atoms with Gasteiger partial charge in [0.2, 0.25) is 0 Å². The van der Waals surface area contributed by atoms with Crippen molar-refractivity contribution in [3.8, 4) is 11.5 Å². The second-order valence-corrected chi connectivity index (χ2v) is 6.87. The molecule has 32 heavy (non-hydrogen) atoms. The lowest BCUT2D eigenvalue weighted by Crippen LogP contribution is -2.22. The van der Waals surface area contributed by atoms with Gasteiger partial charge >= 0.3 is 5.97 Å². The maximum Gasteiger partial charge on any atom is 0.338 e. The molecule has 0 aliphatic heterocycles. The predicted molar refractivity (Wildman–Crippen MR) is 119 cm³/mol. The molecule has 0 spiro atoms. The number of hydrogen-bond acceptors (Lipinski definition) is 6. The van der Waals surface area contributed by atoms with Crippen molar-refractivity contribution in [1.82, 2.24) is 0 Å². The Kier molecular flexibility index (Phi) is 7.59. The number of para-hydroxylation sites is 1. The van der Waals surface area contributed by atoms with Gasteiger partial charge in [-0.1, -0.05) is 42.5 Å². The quantitative estimate of drug-likeness (QED) is 0.400. The van der Waals surface area contributed by atoms with Crippen molar-refractivity contribution in [2.45, 2.75) is 13.5 Å². The van der Waals surface area contributed by atoms with Crippen LogP contribution < -0.4 is 14.8 Å². The zero-order chi connectivity index (χ0) is 22.9. The third-order valence-corrected chi connectivity index (χ3v) is 4.55. The van der Waals surface area contributed by atoms with Gasteiger partial charge in [-0.3, -0.25) is 9.59 Å². The van der Waals surface area contributed by atoms with E-state index >= 15 is 0 Å². The van der Waals surface area contributed by atoms with Gasteiger partial charge < -0.3 is 19.5 Å². The number of hydrogen-bond donors (Lipinski definition) is 1. The number of amides is 1. The van der Waals surface area contributed by atoms with Crippen LogP contribution >= 0.6 is 0 Å². The van der Waals surface area contributed by atoms with E-state index in [1.165, 1.54) is 26.2 Å². The molecule has 0 fully saturated rings. The highest BCUT2D eigenvalue weighted by Gasteiger charge is 2.15. The summed E-state index contributed by atoms with van der Waals surface area (Å²) in [6.07, 6.45) is 0. The number of ether oxygens (including phenoxy) is 3. The molecule has 0 bridgehead atoms. The molecule has 3 aromatic carbocycles. The lowest BCUT2D eigenvalue weighted by Gasteiger charge is -2.12. The first-order valence-corrected chi connectivity index (χ1v) is 9.89. The Balaban J connectivity index is 1.59. The van der Waals surface area contributed by atoms with Crippen molar-refractivity contribution in [2.75, 3.05) is 19.0 Å². The van der Waals surface area contributed by atoms with Gasteiger partial charge in [-0.05, 0) is 42.8 Å². The molecule has 0 saturated heterocycles. The van der Waals surface area contributed by atoms with Crippen LogP contribution in [0.3, 0.4) is 0 Å². The van der Waals surface area contributed by atoms with Crippen molar-refractivity contribution in [3.63, 3.8) is 0 Å². The third-order valence-electron chi connectivity index (χ3n) is 4.55. The van der Waals surface area contributed by atoms with Crippen LogP contribution in [0.2, 0.25) is 0 Å². The summed E-state index contributed by atoms with van der Waals surface area (Å²) in [7, 11) is 1.47. The first-order valence-electron chi connectivity index (χ1n) is 9.89. The molecule has 3 aromatic rings. The van der Waals surface area contributed by atoms with Crippen molar-refractivity contribution >= 4 is 23.3 Å². The molecule has 0 aromatic heterocycles. The molecule has 3 rings (SSSR count). The van der Waals surface area contributed by atoms with E-state index in [-0.39, 0.29) is 11.3 Å². The fourth-order valence-corrected chi connectivity index (χ4v) is 2.95. The normalized spacial score (nSPS) is 10.2. The van der Waals surface area contributed by atoms with Crippen LogP contribution in [0.4, 0.5) is 5.69 Å². The lowest BCUT2D eigenvalue weighted by molar-refractivity contribution is -0.119. The summed E-state index contributed by atoms with van der Waals surface area (Å²) in [5.41, 5.74) is 1.95. The molecule has 1 amide bonds. The molecule has 0 radical (unpaired) electrons. The summed E-state index contributed by atoms with van der Waals surface area (Å²) in [5, 5.41) is 2.58. The molecular weight excluding hydrogens is 410 g/mol. The van der Waals surface area contributed by atoms with Gasteiger partial charge in [-0.25, -0.2) is 4.79 Å². The number of methoxy groups -OCH3 is 1. The van der Waals surface area contributed by atoms with Gasteiger partial charge in [-0.2, -0.15) is 0 Å². The first-order chi connectivity index (χ1) is 15.5. The highest BCUT2D eigenvalue weighted by Crippen LogP contribution is 2.29. The van der Waals surface area contributed by atoms with Crippen molar-refractivity contribution in [1.29, 1.82) is 0 Å². The van der Waals surface area contributed by atoms with E-state index in [2.05, 4.69) is 5.32 Å². The lowest BCUT2D eigenvalue weighted by atomic mass is 10.1. The van der Waals surface area contributed by atoms with Crippen LogP contribution in [0.25, 0.3) is 0 Å². The van der Waals surface area contributed by atoms with E-state index in [1.807, 2.05) is 30.3 Å². The Bertz CT molecular complexity index is 1110. The van der Waals surface area contributed by atoms with Crippen LogP contribution in [-0.2, 0) is 16.1 Å². The Labute approximate surface area is 185 Å². The number of esters is 1. The van der Waals surface area contributed by atoms with E-state index in [4.69, 9.17) is 14.2 Å². The SMILES string of the molecule is COc1cc(C(=O)OCC(=O)Nc2ccccc2C(C)=O)ccc1OCc1ccccc1. The van der Waals surface area contributed by atoms with Gasteiger partial charge in [0, 0.05) is 5.56 Å². The maximum atomic E-state index is 12.4. The average Bonchev–Trinajstić information content (AvgIpc) is 2.82. The molecule has 1 N–H and O–H groups in total. The van der Waals surface area contributed by atoms with Crippen molar-refractivity contribution < 1.29 is 28.6 Å². The first kappa shape index (κ1) is 22.6. The number of carbonyl (C=O) groups is 3. The molecule has 0 atom stereocenters. The standard InChI is InChI=1S/C25H23NO6/c1-17(27)20-10-6-7-11-21(20)26-24(28)16-32-25(29)19-12-13-22(23(14-19)30-2)31-15-18-8-4-3-5-9-18/h3-14H,15-16H2,1-2H3,(H,26,28). The molecular formula is C25H23NO6. The van der Waals surface area contributed by atoms with Crippen LogP contribution in [0.15, 0.2) is 72.8 Å². The minimum absolute atomic E-state index is 0.181. The smallest absolute Gasteiger partial charge is 0.338 e. The van der Waals surface area contributed by atoms with E-state index in [0.29, 0.717) is 29.4 Å². The van der Waals surface area contributed by atoms with E-state index < -0.39 is 18.5 Å². The Morgan fingerprint density at radius 1 is 0.875 bits per heavy atom. The number of carbonyl (C=O) groups excluding carboxylic acids is 3. The fraction of sp³-hybridized carbons (Fsp3) is 0.160. The summed E-state index contributed by atoms with van der Waals surface area (Å²) < 4.78 is 16.2. The number of anilines is 1. The Hall–Kier alpha value is -4.13. The zero-order valence-corrected chi connectivity index (χ0v) is 17.8. The summed E-state index contributed by atoms with van der Waals surface area (Å²) in [6.45, 7) is 1.26. The van der Waals surface area contributed by atoms with E-state index in [9.17, 15) is 14.4 Å². The third kappa shape index (κ3) is 5.95. The molecule has 7 heteroatoms. The molecule has 0 aliphatic rings. The largest absolute Gasteiger partial charge is 0.493 e. The fourth-order valence-electron chi connectivity index (χ4n) is 2.95. The van der Waals surface area contributed by atoms with Gasteiger partial charge in [0.05, 0.1) is 18.4 Å². The molecule has 0 unspecified atom stereocenters. The monoisotopic (exact) mass is 433 g/mol. The molecule has 7 nitrogen and oxygen atoms in total. The highest BCUT2D eigenvalue weighted by molar-refractivity contribution is 6.04. The predicted octanol–water partition coefficient (Wildman–Crippen LogP) is 4.27. The second kappa shape index (κ2) is 10.8. The van der Waals surface area contributed by atoms with Crippen molar-refractivity contribution in [2.24, 2.45) is 0 Å². The minimum Gasteiger partial charge on any atom is -0.493 e. The topological polar surface area (TPSA) is 90.9 Å². The van der Waals surface area contributed by atoms with Crippen LogP contribution in [-0.4, -0.2) is 31.4 Å². The van der Waals surface area contributed by atoms with Gasteiger partial charge in [-0.15, -0.1) is 0 Å². The number of ketones is 1. The molecule has 0 saturated carbocycles. The number of benzene rings is 3. The summed E-state index contributed by atoms with van der Waals surface area (Å²) in [6, 6.07) is 20.9. The number of rotatable bonds is 9. The van der Waals surface area contributed by atoms with Gasteiger partial charge in [0.15, 0.2) is 23.9 Å². The van der Waals surface area contributed by atoms with E-state index in [1.54, 1.807) is 30.3 Å². The number of nitrogens with one attached hydrogen (secondary N) is 1. The van der Waals surface area contributed by atoms with Gasteiger partial charge in [0.25, 0.3) is 5.91 Å². The summed E-state index contributed by atoms with van der Waals surface area (Å²) in [5.74, 6) is -0.573. The Morgan fingerprint density at radius 2 is 1.59 bits per heavy atom. The molecule has 0 heterocycles.